The zero-order chi connectivity index (χ0) is 0. The summed E-state index contributed by atoms with van der Waals surface area (Å²) in [6, 6.07) is 0. The van der Waals surface area contributed by atoms with Gasteiger partial charge in [0.1, 0.15) is 0 Å². The number of hydrogen-bond donors (Lipinski definition) is 0. The van der Waals surface area contributed by atoms with Crippen LogP contribution in [0.15, 0.2) is 0 Å². The van der Waals surface area contributed by atoms with Crippen LogP contribution in [0.1, 0.15) is 0 Å². The van der Waals surface area contributed by atoms with Gasteiger partial charge < -0.3 is 18.8 Å². The van der Waals surface area contributed by atoms with Crippen molar-refractivity contribution in [3.63, 3.8) is 0 Å². The molecule has 0 aliphatic rings. The molecule has 32 valence electrons. The Bertz CT molecular complexity index is 12.0. The van der Waals surface area contributed by atoms with Crippen molar-refractivity contribution in [1.29, 1.82) is 0 Å². The molecule has 0 aliphatic carbocycles. The molecule has 0 aliphatic heterocycles. The van der Waals surface area contributed by atoms with Crippen LogP contribution in [-0.4, -0.2) is 0 Å². The molecule has 0 fully saturated rings. The van der Waals surface area contributed by atoms with Gasteiger partial charge in [-0.3, -0.25) is 0 Å². The van der Waals surface area contributed by atoms with Gasteiger partial charge in [0, 0.05) is 0 Å². The summed E-state index contributed by atoms with van der Waals surface area (Å²) in [5.74, 6) is 0. The zero-order valence-electron chi connectivity index (χ0n) is 5.51. The molecule has 0 N–H and O–H groups in total. The van der Waals surface area contributed by atoms with Gasteiger partial charge in [-0.05, 0) is 0 Å². The normalized spacial score (nSPS) is 0. The molecule has 0 saturated carbocycles. The molecule has 0 aromatic heterocycles. The maximum Gasteiger partial charge on any atom is 1.00 e. The number of rotatable bonds is 0. The van der Waals surface area contributed by atoms with Crippen molar-refractivity contribution in [1.82, 2.24) is 0 Å². The third kappa shape index (κ3) is 46.6. The van der Waals surface area contributed by atoms with Crippen molar-refractivity contribution >= 4 is 0 Å². The van der Waals surface area contributed by atoms with Gasteiger partial charge in [-0.25, -0.2) is 0 Å². The summed E-state index contributed by atoms with van der Waals surface area (Å²) in [5.41, 5.74) is 0. The van der Waals surface area contributed by atoms with Gasteiger partial charge in [-0.15, -0.1) is 0 Å². The van der Waals surface area contributed by atoms with Gasteiger partial charge >= 0.3 is 154 Å². The summed E-state index contributed by atoms with van der Waals surface area (Å²) >= 11 is 0. The Kier molecular flexibility index (Phi) is 633. The van der Waals surface area contributed by atoms with Crippen LogP contribution in [0.2, 0.25) is 0 Å². The molecule has 0 radical (unpaired) electrons. The minimum Gasteiger partial charge on any atom is -1.00 e. The smallest absolute Gasteiger partial charge is 1.00 e. The van der Waals surface area contributed by atoms with E-state index in [2.05, 4.69) is 0 Å². The summed E-state index contributed by atoms with van der Waals surface area (Å²) in [6.45, 7) is 0. The van der Waals surface area contributed by atoms with E-state index in [0.29, 0.717) is 0 Å². The summed E-state index contributed by atoms with van der Waals surface area (Å²) in [5, 5.41) is 0. The van der Waals surface area contributed by atoms with E-state index in [0.717, 1.165) is 0 Å². The Labute approximate surface area is 167 Å². The van der Waals surface area contributed by atoms with Crippen LogP contribution in [0.3, 0.4) is 0 Å². The third-order valence-corrected chi connectivity index (χ3v) is 0. The van der Waals surface area contributed by atoms with Gasteiger partial charge in [0.15, 0.2) is 0 Å². The van der Waals surface area contributed by atoms with Gasteiger partial charge in [0.05, 0.1) is 0 Å². The summed E-state index contributed by atoms with van der Waals surface area (Å²) in [4.78, 5) is 0. The molecule has 8 heavy (non-hydrogen) atoms. The molecule has 0 saturated heterocycles. The summed E-state index contributed by atoms with van der Waals surface area (Å²) in [7, 11) is 0. The molecule has 0 rings (SSSR count). The quantitative estimate of drug-likeness (QED) is 0.300. The van der Waals surface area contributed by atoms with E-state index in [1.165, 1.54) is 0 Å². The SMILES string of the molecule is [F-].[F-].[F-].[F-].[Li+].[Li+].[Rb+].[Rb+]. The maximum absolute atomic E-state index is 0. The second-order valence-corrected chi connectivity index (χ2v) is 0. The molecule has 0 spiro atoms. The van der Waals surface area contributed by atoms with E-state index in [9.17, 15) is 0 Å². The standard InChI is InChI=1S/4FH.2Li.2Rb/h4*1H;;;;/q;;;;4*+1/p-4. The predicted molar refractivity (Wildman–Crippen MR) is 0 cm³/mol. The van der Waals surface area contributed by atoms with Crippen molar-refractivity contribution in [2.24, 2.45) is 0 Å². The van der Waals surface area contributed by atoms with Gasteiger partial charge in [0.25, 0.3) is 0 Å². The van der Waals surface area contributed by atoms with E-state index in [-0.39, 0.29) is 173 Å². The molecule has 8 heteroatoms. The fourth-order valence-corrected chi connectivity index (χ4v) is 0. The van der Waals surface area contributed by atoms with E-state index >= 15 is 0 Å². The number of hydrogen-bond acceptors (Lipinski definition) is 0. The number of halogens is 4. The first kappa shape index (κ1) is 81.2. The second-order valence-electron chi connectivity index (χ2n) is 0. The van der Waals surface area contributed by atoms with Crippen molar-refractivity contribution in [3.05, 3.63) is 0 Å². The molecule has 0 unspecified atom stereocenters. The van der Waals surface area contributed by atoms with E-state index in [1.54, 1.807) is 0 Å². The second kappa shape index (κ2) is 62.3. The monoisotopic (exact) mass is 260 g/mol. The first-order chi connectivity index (χ1) is 0. The molecular weight excluding hydrogens is 261 g/mol. The Morgan fingerprint density at radius 1 is 0.375 bits per heavy atom. The van der Waals surface area contributed by atoms with Crippen LogP contribution in [0, 0.1) is 0 Å². The molecule has 0 aromatic rings. The first-order valence-corrected chi connectivity index (χ1v) is 0. The van der Waals surface area contributed by atoms with Crippen LogP contribution in [0.4, 0.5) is 0 Å². The summed E-state index contributed by atoms with van der Waals surface area (Å²) < 4.78 is 0. The molecule has 0 nitrogen and oxygen atoms in total. The average Bonchev–Trinajstić information content (AvgIpc) is 0. The minimum absolute atomic E-state index is 0. The van der Waals surface area contributed by atoms with Crippen LogP contribution in [-0.2, 0) is 0 Å². The fraction of sp³-hybridized carbons (Fsp3) is 0. The molecule has 0 amide bonds. The molecular formula is F4Li2Rb2. The van der Waals surface area contributed by atoms with Crippen molar-refractivity contribution in [2.75, 3.05) is 0 Å². The molecule has 0 bridgehead atoms. The molecule has 0 heterocycles. The fourth-order valence-electron chi connectivity index (χ4n) is 0. The maximum atomic E-state index is 0. The van der Waals surface area contributed by atoms with Gasteiger partial charge in [-0.2, -0.15) is 0 Å². The third-order valence-electron chi connectivity index (χ3n) is 0. The Morgan fingerprint density at radius 3 is 0.375 bits per heavy atom. The molecule has 0 atom stereocenters. The zero-order valence-corrected chi connectivity index (χ0v) is 15.3. The van der Waals surface area contributed by atoms with Gasteiger partial charge in [-0.1, -0.05) is 0 Å². The largest absolute Gasteiger partial charge is 1.00 e. The van der Waals surface area contributed by atoms with Crippen LogP contribution >= 0.6 is 0 Å². The molecule has 0 aromatic carbocycles. The van der Waals surface area contributed by atoms with Crippen LogP contribution in [0.25, 0.3) is 0 Å². The van der Waals surface area contributed by atoms with Crippen molar-refractivity contribution in [3.8, 4) is 0 Å². The Balaban J connectivity index is 0. The Hall–Kier alpha value is 4.53. The van der Waals surface area contributed by atoms with Crippen molar-refractivity contribution < 1.29 is 173 Å². The van der Waals surface area contributed by atoms with E-state index in [4.69, 9.17) is 0 Å². The topological polar surface area (TPSA) is 0 Å². The van der Waals surface area contributed by atoms with Gasteiger partial charge in [0.2, 0.25) is 0 Å². The first-order valence-electron chi connectivity index (χ1n) is 0. The average molecular weight is 261 g/mol. The Morgan fingerprint density at radius 2 is 0.375 bits per heavy atom. The minimum atomic E-state index is 0. The van der Waals surface area contributed by atoms with Crippen LogP contribution < -0.4 is 173 Å². The predicted octanol–water partition coefficient (Wildman–Crippen LogP) is -24.0. The summed E-state index contributed by atoms with van der Waals surface area (Å²) in [6.07, 6.45) is 0. The van der Waals surface area contributed by atoms with E-state index < -0.39 is 0 Å². The van der Waals surface area contributed by atoms with Crippen LogP contribution in [0.5, 0.6) is 0 Å². The van der Waals surface area contributed by atoms with E-state index in [1.807, 2.05) is 0 Å². The van der Waals surface area contributed by atoms with Crippen molar-refractivity contribution in [2.45, 2.75) is 0 Å².